The fourth-order valence-electron chi connectivity index (χ4n) is 0.650. The minimum atomic E-state index is 1.06. The topological polar surface area (TPSA) is 43.2 Å². The molecular formula is C16H41N5. The van der Waals surface area contributed by atoms with E-state index < -0.39 is 0 Å². The lowest BCUT2D eigenvalue weighted by atomic mass is 10.5. The molecular weight excluding hydrogens is 262 g/mol. The van der Waals surface area contributed by atoms with Gasteiger partial charge in [0.05, 0.1) is 11.7 Å². The van der Waals surface area contributed by atoms with E-state index in [9.17, 15) is 0 Å². The quantitative estimate of drug-likeness (QED) is 0.630. The van der Waals surface area contributed by atoms with E-state index in [2.05, 4.69) is 22.2 Å². The Morgan fingerprint density at radius 1 is 0.857 bits per heavy atom. The number of nitrogens with zero attached hydrogens (tertiary/aromatic N) is 4. The fraction of sp³-hybridized carbons (Fsp3) is 0.875. The van der Waals surface area contributed by atoms with Gasteiger partial charge in [-0.1, -0.05) is 20.8 Å². The summed E-state index contributed by atoms with van der Waals surface area (Å²) >= 11 is 0. The standard InChI is InChI=1S/2C5H12N2.C4H11N.C2H6/c2*1-5(6-2)7(3)4;1-3-4-5-2;1-2/h2*1-4H3;5H,3-4H2,1-2H3;1-2H3. The Balaban J connectivity index is -0.0000000986. The van der Waals surface area contributed by atoms with E-state index in [1.165, 1.54) is 6.42 Å². The number of amidine groups is 2. The minimum Gasteiger partial charge on any atom is -0.367 e. The van der Waals surface area contributed by atoms with Crippen molar-refractivity contribution in [2.75, 3.05) is 55.9 Å². The highest BCUT2D eigenvalue weighted by atomic mass is 15.1. The van der Waals surface area contributed by atoms with E-state index in [-0.39, 0.29) is 0 Å². The zero-order valence-electron chi connectivity index (χ0n) is 16.7. The van der Waals surface area contributed by atoms with E-state index in [1.807, 2.05) is 72.7 Å². The average Bonchev–Trinajstić information content (AvgIpc) is 2.49. The van der Waals surface area contributed by atoms with Crippen molar-refractivity contribution < 1.29 is 0 Å². The first-order chi connectivity index (χ1) is 9.78. The molecule has 0 aromatic heterocycles. The predicted octanol–water partition coefficient (Wildman–Crippen LogP) is 2.83. The first-order valence-electron chi connectivity index (χ1n) is 7.64. The first kappa shape index (κ1) is 28.1. The van der Waals surface area contributed by atoms with Crippen molar-refractivity contribution in [2.24, 2.45) is 9.98 Å². The maximum Gasteiger partial charge on any atom is 0.0948 e. The second-order valence-corrected chi connectivity index (χ2v) is 4.43. The van der Waals surface area contributed by atoms with Crippen LogP contribution in [0, 0.1) is 0 Å². The molecule has 0 rings (SSSR count). The van der Waals surface area contributed by atoms with E-state index in [4.69, 9.17) is 0 Å². The predicted molar refractivity (Wildman–Crippen MR) is 101 cm³/mol. The lowest BCUT2D eigenvalue weighted by Gasteiger charge is -2.08. The monoisotopic (exact) mass is 303 g/mol. The van der Waals surface area contributed by atoms with Crippen LogP contribution >= 0.6 is 0 Å². The molecule has 0 saturated heterocycles. The van der Waals surface area contributed by atoms with Crippen LogP contribution in [-0.2, 0) is 0 Å². The summed E-state index contributed by atoms with van der Waals surface area (Å²) in [5.41, 5.74) is 0. The molecule has 0 atom stereocenters. The van der Waals surface area contributed by atoms with Gasteiger partial charge in [0.2, 0.25) is 0 Å². The first-order valence-corrected chi connectivity index (χ1v) is 7.64. The summed E-state index contributed by atoms with van der Waals surface area (Å²) in [6.45, 7) is 11.2. The molecule has 0 heterocycles. The molecule has 5 nitrogen and oxygen atoms in total. The van der Waals surface area contributed by atoms with Crippen molar-refractivity contribution in [2.45, 2.75) is 41.0 Å². The fourth-order valence-corrected chi connectivity index (χ4v) is 0.650. The van der Waals surface area contributed by atoms with Gasteiger partial charge in [-0.15, -0.1) is 0 Å². The van der Waals surface area contributed by atoms with Crippen LogP contribution in [0.5, 0.6) is 0 Å². The third-order valence-corrected chi connectivity index (χ3v) is 2.44. The average molecular weight is 304 g/mol. The van der Waals surface area contributed by atoms with Gasteiger partial charge in [0.15, 0.2) is 0 Å². The van der Waals surface area contributed by atoms with Crippen LogP contribution in [-0.4, -0.2) is 77.3 Å². The molecule has 0 fully saturated rings. The second-order valence-electron chi connectivity index (χ2n) is 4.43. The summed E-state index contributed by atoms with van der Waals surface area (Å²) in [7, 11) is 13.4. The zero-order valence-corrected chi connectivity index (χ0v) is 16.7. The van der Waals surface area contributed by atoms with Crippen LogP contribution in [0.1, 0.15) is 41.0 Å². The van der Waals surface area contributed by atoms with Crippen molar-refractivity contribution in [3.05, 3.63) is 0 Å². The highest BCUT2D eigenvalue weighted by molar-refractivity contribution is 5.79. The third kappa shape index (κ3) is 32.4. The Morgan fingerprint density at radius 2 is 1.14 bits per heavy atom. The number of rotatable bonds is 2. The number of aliphatic imine (C=N–C) groups is 2. The smallest absolute Gasteiger partial charge is 0.0948 e. The van der Waals surface area contributed by atoms with E-state index >= 15 is 0 Å². The lowest BCUT2D eigenvalue weighted by molar-refractivity contribution is 0.617. The Bertz CT molecular complexity index is 209. The summed E-state index contributed by atoms with van der Waals surface area (Å²) in [4.78, 5) is 11.8. The van der Waals surface area contributed by atoms with Crippen LogP contribution in [0.3, 0.4) is 0 Å². The van der Waals surface area contributed by atoms with Gasteiger partial charge in [-0.3, -0.25) is 9.98 Å². The van der Waals surface area contributed by atoms with E-state index in [0.717, 1.165) is 18.2 Å². The van der Waals surface area contributed by atoms with Crippen LogP contribution in [0.25, 0.3) is 0 Å². The van der Waals surface area contributed by atoms with E-state index in [1.54, 1.807) is 14.1 Å². The van der Waals surface area contributed by atoms with Gasteiger partial charge in [0.1, 0.15) is 0 Å². The molecule has 0 aromatic carbocycles. The summed E-state index contributed by atoms with van der Waals surface area (Å²) < 4.78 is 0. The molecule has 1 N–H and O–H groups in total. The minimum absolute atomic E-state index is 1.06. The molecule has 0 saturated carbocycles. The van der Waals surface area contributed by atoms with Gasteiger partial charge < -0.3 is 15.1 Å². The number of hydrogen-bond acceptors (Lipinski definition) is 3. The zero-order chi connectivity index (χ0) is 17.8. The molecule has 0 aliphatic rings. The van der Waals surface area contributed by atoms with Gasteiger partial charge in [0.25, 0.3) is 0 Å². The summed E-state index contributed by atoms with van der Waals surface area (Å²) in [6.07, 6.45) is 1.23. The summed E-state index contributed by atoms with van der Waals surface area (Å²) in [5.74, 6) is 2.11. The van der Waals surface area contributed by atoms with Crippen LogP contribution < -0.4 is 5.32 Å². The summed E-state index contributed by atoms with van der Waals surface area (Å²) in [5, 5.41) is 3.02. The number of nitrogens with one attached hydrogen (secondary N) is 1. The van der Waals surface area contributed by atoms with Crippen LogP contribution in [0.2, 0.25) is 0 Å². The Morgan fingerprint density at radius 3 is 1.14 bits per heavy atom. The molecule has 0 unspecified atom stereocenters. The SMILES string of the molecule is CC.CCCNC.CN=C(C)N(C)C.CN=C(C)N(C)C. The maximum atomic E-state index is 3.93. The molecule has 0 spiro atoms. The van der Waals surface area contributed by atoms with Gasteiger partial charge >= 0.3 is 0 Å². The Labute approximate surface area is 134 Å². The molecule has 0 radical (unpaired) electrons. The van der Waals surface area contributed by atoms with Crippen LogP contribution in [0.15, 0.2) is 9.98 Å². The lowest BCUT2D eigenvalue weighted by Crippen LogP contribution is -2.17. The molecule has 21 heavy (non-hydrogen) atoms. The van der Waals surface area contributed by atoms with Crippen molar-refractivity contribution in [3.8, 4) is 0 Å². The van der Waals surface area contributed by atoms with Gasteiger partial charge in [-0.05, 0) is 33.9 Å². The highest BCUT2D eigenvalue weighted by Gasteiger charge is 1.85. The molecule has 0 aromatic rings. The molecule has 130 valence electrons. The highest BCUT2D eigenvalue weighted by Crippen LogP contribution is 1.77. The van der Waals surface area contributed by atoms with Crippen molar-refractivity contribution >= 4 is 11.7 Å². The maximum absolute atomic E-state index is 3.93. The molecule has 5 heteroatoms. The Hall–Kier alpha value is -1.10. The van der Waals surface area contributed by atoms with Crippen molar-refractivity contribution in [1.82, 2.24) is 15.1 Å². The normalized spacial score (nSPS) is 10.1. The molecule has 0 aliphatic carbocycles. The number of hydrogen-bond donors (Lipinski definition) is 1. The van der Waals surface area contributed by atoms with Gasteiger partial charge in [-0.2, -0.15) is 0 Å². The third-order valence-electron chi connectivity index (χ3n) is 2.44. The molecule has 0 aliphatic heterocycles. The van der Waals surface area contributed by atoms with Crippen molar-refractivity contribution in [3.63, 3.8) is 0 Å². The van der Waals surface area contributed by atoms with Crippen LogP contribution in [0.4, 0.5) is 0 Å². The van der Waals surface area contributed by atoms with Gasteiger partial charge in [0, 0.05) is 42.3 Å². The molecule has 0 amide bonds. The molecule has 0 bridgehead atoms. The largest absolute Gasteiger partial charge is 0.367 e. The second kappa shape index (κ2) is 24.0. The van der Waals surface area contributed by atoms with Crippen molar-refractivity contribution in [1.29, 1.82) is 0 Å². The Kier molecular flexibility index (Phi) is 32.1. The van der Waals surface area contributed by atoms with E-state index in [0.29, 0.717) is 0 Å². The van der Waals surface area contributed by atoms with Gasteiger partial charge in [-0.25, -0.2) is 0 Å². The summed E-state index contributed by atoms with van der Waals surface area (Å²) in [6, 6.07) is 0.